The molecule has 96 valence electrons. The van der Waals surface area contributed by atoms with E-state index in [1.54, 1.807) is 0 Å². The minimum absolute atomic E-state index is 0.00309. The molecule has 1 aliphatic carbocycles. The van der Waals surface area contributed by atoms with E-state index >= 15 is 0 Å². The van der Waals surface area contributed by atoms with Crippen molar-refractivity contribution < 1.29 is 5.11 Å². The molecule has 0 saturated heterocycles. The van der Waals surface area contributed by atoms with Crippen LogP contribution in [0.3, 0.4) is 0 Å². The molecule has 1 aliphatic rings. The molecule has 2 atom stereocenters. The van der Waals surface area contributed by atoms with Crippen molar-refractivity contribution in [2.24, 2.45) is 5.41 Å². The molecular weight excluding hydrogens is 212 g/mol. The van der Waals surface area contributed by atoms with E-state index in [2.05, 4.69) is 37.5 Å². The Morgan fingerprint density at radius 1 is 1.29 bits per heavy atom. The van der Waals surface area contributed by atoms with Gasteiger partial charge in [-0.2, -0.15) is 5.10 Å². The Labute approximate surface area is 104 Å². The molecule has 0 aliphatic heterocycles. The van der Waals surface area contributed by atoms with E-state index in [4.69, 9.17) is 0 Å². The van der Waals surface area contributed by atoms with Crippen molar-refractivity contribution in [1.82, 2.24) is 9.78 Å². The van der Waals surface area contributed by atoms with Gasteiger partial charge >= 0.3 is 0 Å². The van der Waals surface area contributed by atoms with Gasteiger partial charge in [0.05, 0.1) is 17.8 Å². The Kier molecular flexibility index (Phi) is 3.06. The normalized spacial score (nSPS) is 28.4. The topological polar surface area (TPSA) is 38.0 Å². The third kappa shape index (κ3) is 2.01. The number of rotatable bonds is 1. The second-order valence-electron chi connectivity index (χ2n) is 6.13. The first-order valence-corrected chi connectivity index (χ1v) is 6.55. The average Bonchev–Trinajstić information content (AvgIpc) is 2.50. The molecule has 2 unspecified atom stereocenters. The van der Waals surface area contributed by atoms with Crippen molar-refractivity contribution in [3.63, 3.8) is 0 Å². The zero-order valence-corrected chi connectivity index (χ0v) is 11.6. The van der Waals surface area contributed by atoms with E-state index < -0.39 is 0 Å². The molecule has 17 heavy (non-hydrogen) atoms. The highest BCUT2D eigenvalue weighted by Gasteiger charge is 2.39. The van der Waals surface area contributed by atoms with Crippen LogP contribution in [0.15, 0.2) is 0 Å². The molecule has 3 heteroatoms. The van der Waals surface area contributed by atoms with E-state index in [1.807, 2.05) is 6.92 Å². The van der Waals surface area contributed by atoms with Gasteiger partial charge in [0, 0.05) is 5.69 Å². The highest BCUT2D eigenvalue weighted by Crippen LogP contribution is 2.41. The standard InChI is InChI=1S/C14H24N2O/c1-9-10(2)15-16(11(9)3)12-7-6-8-14(4,5)13(12)17/h12-13,17H,6-8H2,1-5H3. The molecule has 1 N–H and O–H groups in total. The van der Waals surface area contributed by atoms with Crippen molar-refractivity contribution in [2.45, 2.75) is 66.0 Å². The maximum absolute atomic E-state index is 10.5. The van der Waals surface area contributed by atoms with Gasteiger partial charge < -0.3 is 5.11 Å². The van der Waals surface area contributed by atoms with E-state index in [0.29, 0.717) is 0 Å². The number of aromatic nitrogens is 2. The van der Waals surface area contributed by atoms with Gasteiger partial charge in [-0.3, -0.25) is 4.68 Å². The van der Waals surface area contributed by atoms with Gasteiger partial charge in [-0.25, -0.2) is 0 Å². The number of hydrogen-bond donors (Lipinski definition) is 1. The fraction of sp³-hybridized carbons (Fsp3) is 0.786. The van der Waals surface area contributed by atoms with Crippen LogP contribution in [0.4, 0.5) is 0 Å². The highest BCUT2D eigenvalue weighted by atomic mass is 16.3. The molecule has 0 amide bonds. The number of aliphatic hydroxyl groups is 1. The van der Waals surface area contributed by atoms with Crippen molar-refractivity contribution in [3.8, 4) is 0 Å². The molecule has 3 nitrogen and oxygen atoms in total. The summed E-state index contributed by atoms with van der Waals surface area (Å²) in [4.78, 5) is 0. The van der Waals surface area contributed by atoms with Gasteiger partial charge in [-0.1, -0.05) is 20.3 Å². The van der Waals surface area contributed by atoms with Crippen LogP contribution in [0, 0.1) is 26.2 Å². The van der Waals surface area contributed by atoms with Gasteiger partial charge in [-0.05, 0) is 44.6 Å². The number of aliphatic hydroxyl groups excluding tert-OH is 1. The summed E-state index contributed by atoms with van der Waals surface area (Å²) in [6.07, 6.45) is 3.01. The SMILES string of the molecule is Cc1nn(C2CCCC(C)(C)C2O)c(C)c1C. The number of hydrogen-bond acceptors (Lipinski definition) is 2. The van der Waals surface area contributed by atoms with Crippen LogP contribution >= 0.6 is 0 Å². The van der Waals surface area contributed by atoms with Crippen LogP contribution in [0.1, 0.15) is 56.1 Å². The summed E-state index contributed by atoms with van der Waals surface area (Å²) in [5.41, 5.74) is 3.53. The lowest BCUT2D eigenvalue weighted by Crippen LogP contribution is -2.41. The lowest BCUT2D eigenvalue weighted by molar-refractivity contribution is -0.0306. The Morgan fingerprint density at radius 2 is 1.94 bits per heavy atom. The van der Waals surface area contributed by atoms with Crippen LogP contribution in [-0.4, -0.2) is 21.0 Å². The molecule has 0 aromatic carbocycles. The molecule has 1 aromatic rings. The molecule has 0 bridgehead atoms. The average molecular weight is 236 g/mol. The Bertz CT molecular complexity index is 420. The van der Waals surface area contributed by atoms with Gasteiger partial charge in [0.25, 0.3) is 0 Å². The summed E-state index contributed by atoms with van der Waals surface area (Å²) in [5, 5.41) is 15.1. The second kappa shape index (κ2) is 4.13. The maximum atomic E-state index is 10.5. The summed E-state index contributed by atoms with van der Waals surface area (Å²) in [5.74, 6) is 0. The van der Waals surface area contributed by atoms with E-state index in [9.17, 15) is 5.11 Å². The first-order valence-electron chi connectivity index (χ1n) is 6.55. The fourth-order valence-electron chi connectivity index (χ4n) is 2.92. The van der Waals surface area contributed by atoms with Crippen LogP contribution in [0.25, 0.3) is 0 Å². The summed E-state index contributed by atoms with van der Waals surface area (Å²) >= 11 is 0. The number of aryl methyl sites for hydroxylation is 1. The van der Waals surface area contributed by atoms with Crippen LogP contribution < -0.4 is 0 Å². The summed E-state index contributed by atoms with van der Waals surface area (Å²) in [6.45, 7) is 10.6. The molecule has 0 radical (unpaired) electrons. The predicted molar refractivity (Wildman–Crippen MR) is 69.1 cm³/mol. The lowest BCUT2D eigenvalue weighted by Gasteiger charge is -2.41. The molecule has 0 spiro atoms. The van der Waals surface area contributed by atoms with E-state index in [0.717, 1.165) is 18.5 Å². The first kappa shape index (κ1) is 12.6. The highest BCUT2D eigenvalue weighted by molar-refractivity contribution is 5.23. The minimum Gasteiger partial charge on any atom is -0.390 e. The molecular formula is C14H24N2O. The first-order chi connectivity index (χ1) is 7.84. The quantitative estimate of drug-likeness (QED) is 0.814. The largest absolute Gasteiger partial charge is 0.390 e. The van der Waals surface area contributed by atoms with E-state index in [1.165, 1.54) is 17.7 Å². The summed E-state index contributed by atoms with van der Waals surface area (Å²) in [7, 11) is 0. The predicted octanol–water partition coefficient (Wildman–Crippen LogP) is 2.92. The van der Waals surface area contributed by atoms with Gasteiger partial charge in [0.15, 0.2) is 0 Å². The number of nitrogens with zero attached hydrogens (tertiary/aromatic N) is 2. The van der Waals surface area contributed by atoms with Crippen LogP contribution in [-0.2, 0) is 0 Å². The summed E-state index contributed by atoms with van der Waals surface area (Å²) in [6, 6.07) is 0.145. The molecule has 1 saturated carbocycles. The Morgan fingerprint density at radius 3 is 2.47 bits per heavy atom. The van der Waals surface area contributed by atoms with Crippen molar-refractivity contribution in [1.29, 1.82) is 0 Å². The Balaban J connectivity index is 2.36. The van der Waals surface area contributed by atoms with Crippen molar-refractivity contribution in [3.05, 3.63) is 17.0 Å². The van der Waals surface area contributed by atoms with Crippen molar-refractivity contribution >= 4 is 0 Å². The monoisotopic (exact) mass is 236 g/mol. The maximum Gasteiger partial charge on any atom is 0.0815 e. The fourth-order valence-corrected chi connectivity index (χ4v) is 2.92. The van der Waals surface area contributed by atoms with Crippen LogP contribution in [0.2, 0.25) is 0 Å². The second-order valence-corrected chi connectivity index (χ2v) is 6.13. The molecule has 1 fully saturated rings. The zero-order chi connectivity index (χ0) is 12.8. The van der Waals surface area contributed by atoms with Gasteiger partial charge in [0.2, 0.25) is 0 Å². The van der Waals surface area contributed by atoms with Crippen LogP contribution in [0.5, 0.6) is 0 Å². The smallest absolute Gasteiger partial charge is 0.0815 e. The van der Waals surface area contributed by atoms with Gasteiger partial charge in [0.1, 0.15) is 0 Å². The summed E-state index contributed by atoms with van der Waals surface area (Å²) < 4.78 is 2.05. The minimum atomic E-state index is -0.298. The molecule has 2 rings (SSSR count). The molecule has 1 heterocycles. The Hall–Kier alpha value is -0.830. The lowest BCUT2D eigenvalue weighted by atomic mass is 9.72. The van der Waals surface area contributed by atoms with Crippen molar-refractivity contribution in [2.75, 3.05) is 0 Å². The van der Waals surface area contributed by atoms with E-state index in [-0.39, 0.29) is 17.6 Å². The zero-order valence-electron chi connectivity index (χ0n) is 11.6. The third-order valence-corrected chi connectivity index (χ3v) is 4.49. The molecule has 1 aromatic heterocycles. The van der Waals surface area contributed by atoms with Gasteiger partial charge in [-0.15, -0.1) is 0 Å². The third-order valence-electron chi connectivity index (χ3n) is 4.49.